The smallest absolute Gasteiger partial charge is 0.234 e. The Balaban J connectivity index is 2.33. The van der Waals surface area contributed by atoms with Gasteiger partial charge in [-0.3, -0.25) is 4.79 Å². The topological polar surface area (TPSA) is 55.1 Å². The molecular weight excluding hydrogens is 140 g/mol. The molecule has 0 aromatic rings. The largest absolute Gasteiger partial charge is 0.348 e. The third-order valence-electron chi connectivity index (χ3n) is 1.51. The lowest BCUT2D eigenvalue weighted by atomic mass is 10.1. The molecule has 0 radical (unpaired) electrons. The molecule has 1 rings (SSSR count). The highest BCUT2D eigenvalue weighted by Crippen LogP contribution is 2.01. The Morgan fingerprint density at radius 1 is 1.64 bits per heavy atom. The number of amides is 1. The molecule has 1 unspecified atom stereocenters. The lowest BCUT2D eigenvalue weighted by Crippen LogP contribution is -2.37. The van der Waals surface area contributed by atoms with Crippen LogP contribution in [0.25, 0.3) is 0 Å². The minimum Gasteiger partial charge on any atom is -0.348 e. The first kappa shape index (κ1) is 8.01. The second-order valence-corrected chi connectivity index (χ2v) is 2.43. The molecule has 1 aliphatic carbocycles. The first-order chi connectivity index (χ1) is 5.33. The van der Waals surface area contributed by atoms with E-state index in [1.165, 1.54) is 0 Å². The van der Waals surface area contributed by atoms with E-state index in [0.717, 1.165) is 6.42 Å². The number of nitrogens with one attached hydrogen (secondary N) is 1. The van der Waals surface area contributed by atoms with Crippen LogP contribution in [-0.2, 0) is 4.79 Å². The molecule has 0 saturated carbocycles. The van der Waals surface area contributed by atoms with Gasteiger partial charge in [-0.25, -0.2) is 0 Å². The van der Waals surface area contributed by atoms with Crippen molar-refractivity contribution in [3.05, 3.63) is 24.3 Å². The first-order valence-electron chi connectivity index (χ1n) is 3.65. The van der Waals surface area contributed by atoms with Gasteiger partial charge >= 0.3 is 0 Å². The van der Waals surface area contributed by atoms with Gasteiger partial charge in [-0.2, -0.15) is 0 Å². The van der Waals surface area contributed by atoms with Crippen LogP contribution in [0.15, 0.2) is 24.3 Å². The predicted octanol–water partition coefficient (Wildman–Crippen LogP) is -0.0540. The molecular formula is C8H12N2O. The van der Waals surface area contributed by atoms with Crippen molar-refractivity contribution in [3.63, 3.8) is 0 Å². The van der Waals surface area contributed by atoms with Crippen molar-refractivity contribution in [1.82, 2.24) is 5.32 Å². The summed E-state index contributed by atoms with van der Waals surface area (Å²) in [4.78, 5) is 10.8. The molecule has 0 aromatic heterocycles. The molecule has 1 aliphatic rings. The molecule has 3 N–H and O–H groups in total. The van der Waals surface area contributed by atoms with E-state index in [2.05, 4.69) is 5.32 Å². The van der Waals surface area contributed by atoms with Crippen LogP contribution in [0.3, 0.4) is 0 Å². The van der Waals surface area contributed by atoms with Gasteiger partial charge in [0.15, 0.2) is 0 Å². The van der Waals surface area contributed by atoms with E-state index >= 15 is 0 Å². The fourth-order valence-electron chi connectivity index (χ4n) is 0.953. The van der Waals surface area contributed by atoms with E-state index in [1.54, 1.807) is 0 Å². The Hall–Kier alpha value is -1.09. The van der Waals surface area contributed by atoms with Gasteiger partial charge in [-0.15, -0.1) is 0 Å². The minimum atomic E-state index is -0.102. The lowest BCUT2D eigenvalue weighted by Gasteiger charge is -2.13. The van der Waals surface area contributed by atoms with Gasteiger partial charge in [0.1, 0.15) is 0 Å². The number of rotatable bonds is 2. The fourth-order valence-corrected chi connectivity index (χ4v) is 0.953. The first-order valence-corrected chi connectivity index (χ1v) is 3.65. The van der Waals surface area contributed by atoms with E-state index in [1.807, 2.05) is 24.3 Å². The van der Waals surface area contributed by atoms with Crippen LogP contribution >= 0.6 is 0 Å². The van der Waals surface area contributed by atoms with Crippen molar-refractivity contribution in [3.8, 4) is 0 Å². The zero-order chi connectivity index (χ0) is 8.10. The molecule has 3 heteroatoms. The van der Waals surface area contributed by atoms with Crippen LogP contribution in [0.1, 0.15) is 6.42 Å². The zero-order valence-electron chi connectivity index (χ0n) is 6.29. The summed E-state index contributed by atoms with van der Waals surface area (Å²) in [7, 11) is 0. The maximum Gasteiger partial charge on any atom is 0.234 e. The Labute approximate surface area is 66.0 Å². The van der Waals surface area contributed by atoms with Crippen LogP contribution in [0, 0.1) is 0 Å². The molecule has 60 valence electrons. The standard InChI is InChI=1S/C8H12N2O/c9-6-8(11)10-7-4-2-1-3-5-7/h1-4,7H,5-6,9H2,(H,10,11). The van der Waals surface area contributed by atoms with Crippen LogP contribution in [0.2, 0.25) is 0 Å². The van der Waals surface area contributed by atoms with E-state index in [0.29, 0.717) is 0 Å². The van der Waals surface area contributed by atoms with E-state index in [9.17, 15) is 4.79 Å². The van der Waals surface area contributed by atoms with Crippen LogP contribution < -0.4 is 11.1 Å². The molecule has 3 nitrogen and oxygen atoms in total. The monoisotopic (exact) mass is 152 g/mol. The highest BCUT2D eigenvalue weighted by atomic mass is 16.1. The van der Waals surface area contributed by atoms with E-state index in [-0.39, 0.29) is 18.5 Å². The van der Waals surface area contributed by atoms with Gasteiger partial charge in [0.25, 0.3) is 0 Å². The normalized spacial score (nSPS) is 21.7. The number of carbonyl (C=O) groups is 1. The third-order valence-corrected chi connectivity index (χ3v) is 1.51. The number of carbonyl (C=O) groups excluding carboxylic acids is 1. The maximum atomic E-state index is 10.8. The summed E-state index contributed by atoms with van der Waals surface area (Å²) < 4.78 is 0. The van der Waals surface area contributed by atoms with Gasteiger partial charge < -0.3 is 11.1 Å². The van der Waals surface area contributed by atoms with Crippen LogP contribution in [0.5, 0.6) is 0 Å². The molecule has 0 spiro atoms. The summed E-state index contributed by atoms with van der Waals surface area (Å²) in [5, 5.41) is 2.77. The van der Waals surface area contributed by atoms with E-state index < -0.39 is 0 Å². The van der Waals surface area contributed by atoms with Gasteiger partial charge in [0.2, 0.25) is 5.91 Å². The summed E-state index contributed by atoms with van der Waals surface area (Å²) >= 11 is 0. The fraction of sp³-hybridized carbons (Fsp3) is 0.375. The molecule has 0 bridgehead atoms. The van der Waals surface area contributed by atoms with Gasteiger partial charge in [-0.05, 0) is 6.42 Å². The molecule has 0 heterocycles. The van der Waals surface area contributed by atoms with Gasteiger partial charge in [0, 0.05) is 0 Å². The molecule has 1 atom stereocenters. The number of nitrogens with two attached hydrogens (primary N) is 1. The molecule has 11 heavy (non-hydrogen) atoms. The summed E-state index contributed by atoms with van der Waals surface area (Å²) in [6.07, 6.45) is 8.72. The second kappa shape index (κ2) is 3.93. The average molecular weight is 152 g/mol. The highest BCUT2D eigenvalue weighted by molar-refractivity contribution is 5.78. The molecule has 0 aliphatic heterocycles. The van der Waals surface area contributed by atoms with Crippen molar-refractivity contribution in [2.24, 2.45) is 5.73 Å². The number of hydrogen-bond acceptors (Lipinski definition) is 2. The zero-order valence-corrected chi connectivity index (χ0v) is 6.29. The van der Waals surface area contributed by atoms with Crippen LogP contribution in [0.4, 0.5) is 0 Å². The van der Waals surface area contributed by atoms with Crippen molar-refractivity contribution >= 4 is 5.91 Å². The second-order valence-electron chi connectivity index (χ2n) is 2.43. The Morgan fingerprint density at radius 2 is 2.45 bits per heavy atom. The minimum absolute atomic E-state index is 0.0635. The van der Waals surface area contributed by atoms with Crippen molar-refractivity contribution in [2.45, 2.75) is 12.5 Å². The average Bonchev–Trinajstić information content (AvgIpc) is 2.06. The van der Waals surface area contributed by atoms with Crippen molar-refractivity contribution in [1.29, 1.82) is 0 Å². The predicted molar refractivity (Wildman–Crippen MR) is 43.9 cm³/mol. The number of allylic oxidation sites excluding steroid dienone is 2. The Bertz CT molecular complexity index is 196. The summed E-state index contributed by atoms with van der Waals surface area (Å²) in [6, 6.07) is 0.135. The quantitative estimate of drug-likeness (QED) is 0.582. The highest BCUT2D eigenvalue weighted by Gasteiger charge is 2.06. The molecule has 0 saturated heterocycles. The summed E-state index contributed by atoms with van der Waals surface area (Å²) in [5.41, 5.74) is 5.14. The molecule has 0 aromatic carbocycles. The van der Waals surface area contributed by atoms with Crippen LogP contribution in [-0.4, -0.2) is 18.5 Å². The SMILES string of the molecule is NCC(=O)NC1C=CC=CC1. The lowest BCUT2D eigenvalue weighted by molar-refractivity contribution is -0.120. The summed E-state index contributed by atoms with van der Waals surface area (Å²) in [6.45, 7) is 0.0635. The van der Waals surface area contributed by atoms with Gasteiger partial charge in [0.05, 0.1) is 12.6 Å². The summed E-state index contributed by atoms with van der Waals surface area (Å²) in [5.74, 6) is -0.102. The Morgan fingerprint density at radius 3 is 3.00 bits per heavy atom. The molecule has 1 amide bonds. The van der Waals surface area contributed by atoms with E-state index in [4.69, 9.17) is 5.73 Å². The van der Waals surface area contributed by atoms with Crippen molar-refractivity contribution in [2.75, 3.05) is 6.54 Å². The van der Waals surface area contributed by atoms with Gasteiger partial charge in [-0.1, -0.05) is 24.3 Å². The third kappa shape index (κ3) is 2.55. The van der Waals surface area contributed by atoms with Crippen molar-refractivity contribution < 1.29 is 4.79 Å². The molecule has 0 fully saturated rings. The maximum absolute atomic E-state index is 10.8. The number of hydrogen-bond donors (Lipinski definition) is 2. The Kier molecular flexibility index (Phi) is 2.86.